The fourth-order valence-electron chi connectivity index (χ4n) is 4.24. The fourth-order valence-corrected chi connectivity index (χ4v) is 4.46. The average molecular weight is 484 g/mol. The number of hydrogen-bond donors (Lipinski definition) is 4. The summed E-state index contributed by atoms with van der Waals surface area (Å²) in [6.45, 7) is 5.21. The molecule has 2 aromatic heterocycles. The van der Waals surface area contributed by atoms with Crippen LogP contribution in [0.2, 0.25) is 5.02 Å². The third kappa shape index (κ3) is 4.64. The number of hydrogen-bond acceptors (Lipinski definition) is 7. The van der Waals surface area contributed by atoms with Gasteiger partial charge in [-0.25, -0.2) is 19.8 Å². The summed E-state index contributed by atoms with van der Waals surface area (Å²) in [5.74, 6) is 1.32. The lowest BCUT2D eigenvalue weighted by atomic mass is 10.0. The van der Waals surface area contributed by atoms with Crippen molar-refractivity contribution in [3.05, 3.63) is 69.0 Å². The Morgan fingerprint density at radius 2 is 2.18 bits per heavy atom. The Hall–Kier alpha value is -3.01. The molecule has 3 atom stereocenters. The highest BCUT2D eigenvalue weighted by molar-refractivity contribution is 6.34. The second kappa shape index (κ2) is 9.32. The Morgan fingerprint density at radius 3 is 2.88 bits per heavy atom. The number of pyridine rings is 1. The number of nitrogens with one attached hydrogen (secondary N) is 4. The van der Waals surface area contributed by atoms with Gasteiger partial charge in [-0.1, -0.05) is 17.7 Å². The molecule has 0 amide bonds. The van der Waals surface area contributed by atoms with Gasteiger partial charge >= 0.3 is 0 Å². The van der Waals surface area contributed by atoms with Crippen molar-refractivity contribution in [2.45, 2.75) is 44.9 Å². The summed E-state index contributed by atoms with van der Waals surface area (Å²) >= 11 is 6.40. The van der Waals surface area contributed by atoms with Crippen LogP contribution in [-0.4, -0.2) is 46.3 Å². The van der Waals surface area contributed by atoms with E-state index < -0.39 is 6.17 Å². The van der Waals surface area contributed by atoms with Crippen LogP contribution in [0.3, 0.4) is 0 Å². The number of aromatic nitrogens is 3. The zero-order valence-electron chi connectivity index (χ0n) is 19.0. The molecule has 3 aromatic rings. The molecule has 8 nitrogen and oxygen atoms in total. The minimum absolute atomic E-state index is 0.265. The zero-order chi connectivity index (χ0) is 23.8. The number of hydrazine groups is 1. The van der Waals surface area contributed by atoms with Crippen LogP contribution in [0, 0.1) is 0 Å². The molecule has 0 saturated carbocycles. The number of aromatic amines is 1. The second-order valence-corrected chi connectivity index (χ2v) is 9.32. The molecule has 4 heterocycles. The van der Waals surface area contributed by atoms with E-state index in [-0.39, 0.29) is 17.6 Å². The number of piperidine rings is 1. The lowest BCUT2D eigenvalue weighted by Crippen LogP contribution is -2.45. The number of fused-ring (bicyclic) bond motifs is 1. The maximum absolute atomic E-state index is 14.3. The molecule has 1 saturated heterocycles. The van der Waals surface area contributed by atoms with Gasteiger partial charge in [0.25, 0.3) is 5.56 Å². The first kappa shape index (κ1) is 22.8. The first-order valence-electron chi connectivity index (χ1n) is 11.4. The van der Waals surface area contributed by atoms with Crippen molar-refractivity contribution >= 4 is 34.0 Å². The molecule has 178 valence electrons. The van der Waals surface area contributed by atoms with Crippen LogP contribution >= 0.6 is 11.6 Å². The van der Waals surface area contributed by atoms with Gasteiger partial charge in [0.1, 0.15) is 17.8 Å². The van der Waals surface area contributed by atoms with Crippen molar-refractivity contribution in [1.82, 2.24) is 25.7 Å². The van der Waals surface area contributed by atoms with E-state index in [1.54, 1.807) is 18.3 Å². The number of halogens is 2. The van der Waals surface area contributed by atoms with Crippen LogP contribution in [0.15, 0.2) is 47.0 Å². The van der Waals surface area contributed by atoms with Gasteiger partial charge in [0, 0.05) is 31.4 Å². The Morgan fingerprint density at radius 1 is 1.32 bits per heavy atom. The van der Waals surface area contributed by atoms with E-state index in [4.69, 9.17) is 11.6 Å². The Labute approximate surface area is 201 Å². The summed E-state index contributed by atoms with van der Waals surface area (Å²) in [6.07, 6.45) is 3.86. The minimum Gasteiger partial charge on any atom is -0.378 e. The van der Waals surface area contributed by atoms with Gasteiger partial charge in [-0.15, -0.1) is 0 Å². The van der Waals surface area contributed by atoms with E-state index in [0.29, 0.717) is 46.8 Å². The van der Waals surface area contributed by atoms with E-state index in [9.17, 15) is 9.18 Å². The molecule has 34 heavy (non-hydrogen) atoms. The smallest absolute Gasteiger partial charge is 0.258 e. The quantitative estimate of drug-likeness (QED) is 0.442. The van der Waals surface area contributed by atoms with Gasteiger partial charge < -0.3 is 15.6 Å². The number of H-pyrrole nitrogens is 1. The highest BCUT2D eigenvalue weighted by atomic mass is 35.5. The first-order valence-corrected chi connectivity index (χ1v) is 11.8. The number of rotatable bonds is 5. The summed E-state index contributed by atoms with van der Waals surface area (Å²) < 4.78 is 14.3. The fraction of sp³-hybridized carbons (Fsp3) is 0.375. The van der Waals surface area contributed by atoms with Crippen LogP contribution in [0.1, 0.15) is 31.7 Å². The van der Waals surface area contributed by atoms with Crippen LogP contribution in [-0.2, 0) is 6.42 Å². The maximum atomic E-state index is 14.3. The highest BCUT2D eigenvalue weighted by Gasteiger charge is 2.25. The normalized spacial score (nSPS) is 22.8. The van der Waals surface area contributed by atoms with Gasteiger partial charge in [-0.3, -0.25) is 9.80 Å². The van der Waals surface area contributed by atoms with Crippen LogP contribution in [0.5, 0.6) is 0 Å². The van der Waals surface area contributed by atoms with Crippen molar-refractivity contribution in [1.29, 1.82) is 0 Å². The van der Waals surface area contributed by atoms with E-state index in [1.807, 2.05) is 23.3 Å². The van der Waals surface area contributed by atoms with E-state index >= 15 is 0 Å². The maximum Gasteiger partial charge on any atom is 0.258 e. The van der Waals surface area contributed by atoms with Crippen molar-refractivity contribution in [2.24, 2.45) is 0 Å². The van der Waals surface area contributed by atoms with Gasteiger partial charge in [0.2, 0.25) is 0 Å². The molecule has 3 unspecified atom stereocenters. The molecular weight excluding hydrogens is 457 g/mol. The van der Waals surface area contributed by atoms with E-state index in [0.717, 1.165) is 17.9 Å². The van der Waals surface area contributed by atoms with Gasteiger partial charge in [0.05, 0.1) is 27.7 Å². The number of benzene rings is 1. The molecule has 5 rings (SSSR count). The van der Waals surface area contributed by atoms with Crippen molar-refractivity contribution < 1.29 is 4.39 Å². The topological polar surface area (TPSA) is 98.0 Å². The molecule has 10 heteroatoms. The van der Waals surface area contributed by atoms with Crippen molar-refractivity contribution in [2.75, 3.05) is 23.4 Å². The molecule has 0 radical (unpaired) electrons. The summed E-state index contributed by atoms with van der Waals surface area (Å²) in [6, 6.07) is 7.13. The lowest BCUT2D eigenvalue weighted by Gasteiger charge is -2.28. The largest absolute Gasteiger partial charge is 0.378 e. The highest BCUT2D eigenvalue weighted by Crippen LogP contribution is 2.28. The molecule has 1 fully saturated rings. The average Bonchev–Trinajstić information content (AvgIpc) is 3.15. The lowest BCUT2D eigenvalue weighted by molar-refractivity contribution is 0.245. The number of anilines is 2. The molecular formula is C24H27ClFN7O. The molecule has 0 bridgehead atoms. The Bertz CT molecular complexity index is 1290. The summed E-state index contributed by atoms with van der Waals surface area (Å²) in [5, 5.41) is 8.90. The van der Waals surface area contributed by atoms with Gasteiger partial charge in [0.15, 0.2) is 0 Å². The predicted molar refractivity (Wildman–Crippen MR) is 133 cm³/mol. The SMILES string of the molecule is CC1=CN(c2ccc(Cc3nc4cc(NC5CCNCC5F)c(Cl)cc4c(=O)[nH]3)cn2)NC1C. The van der Waals surface area contributed by atoms with Gasteiger partial charge in [-0.05, 0) is 56.1 Å². The van der Waals surface area contributed by atoms with E-state index in [1.165, 1.54) is 5.57 Å². The Balaban J connectivity index is 1.37. The third-order valence-corrected chi connectivity index (χ3v) is 6.68. The van der Waals surface area contributed by atoms with E-state index in [2.05, 4.69) is 44.9 Å². The molecule has 4 N–H and O–H groups in total. The number of nitrogens with zero attached hydrogens (tertiary/aromatic N) is 3. The number of alkyl halides is 1. The van der Waals surface area contributed by atoms with Crippen LogP contribution < -0.4 is 26.6 Å². The monoisotopic (exact) mass is 483 g/mol. The molecule has 0 spiro atoms. The molecule has 2 aliphatic heterocycles. The second-order valence-electron chi connectivity index (χ2n) is 8.92. The van der Waals surface area contributed by atoms with Gasteiger partial charge in [-0.2, -0.15) is 0 Å². The molecule has 2 aliphatic rings. The Kier molecular flexibility index (Phi) is 6.24. The van der Waals surface area contributed by atoms with Crippen molar-refractivity contribution in [3.8, 4) is 0 Å². The van der Waals surface area contributed by atoms with Crippen molar-refractivity contribution in [3.63, 3.8) is 0 Å². The van der Waals surface area contributed by atoms with Crippen LogP contribution in [0.4, 0.5) is 15.9 Å². The summed E-state index contributed by atoms with van der Waals surface area (Å²) in [4.78, 5) is 24.7. The zero-order valence-corrected chi connectivity index (χ0v) is 19.8. The minimum atomic E-state index is -1.02. The molecule has 0 aliphatic carbocycles. The summed E-state index contributed by atoms with van der Waals surface area (Å²) in [7, 11) is 0. The summed E-state index contributed by atoms with van der Waals surface area (Å²) in [5.41, 5.74) is 6.31. The standard InChI is InChI=1S/C24H27ClFN7O/c1-13-12-33(32-14(13)2)23-4-3-15(10-28-23)7-22-30-20-9-21(17(25)8-16(20)24(34)31-22)29-19-5-6-27-11-18(19)26/h3-4,8-10,12,14,18-19,27,29,32H,5-7,11H2,1-2H3,(H,30,31,34). The van der Waals surface area contributed by atoms with Crippen LogP contribution in [0.25, 0.3) is 10.9 Å². The third-order valence-electron chi connectivity index (χ3n) is 6.37. The predicted octanol–water partition coefficient (Wildman–Crippen LogP) is 3.29. The first-order chi connectivity index (χ1) is 16.4. The molecule has 1 aromatic carbocycles.